The molecule has 0 aliphatic rings. The Kier molecular flexibility index (Phi) is 3.64. The van der Waals surface area contributed by atoms with Crippen LogP contribution in [0.3, 0.4) is 0 Å². The molecule has 2 nitrogen and oxygen atoms in total. The Bertz CT molecular complexity index is 394. The zero-order valence-electron chi connectivity index (χ0n) is 11.5. The second-order valence-corrected chi connectivity index (χ2v) is 4.92. The quantitative estimate of drug-likeness (QED) is 0.847. The fraction of sp³-hybridized carbons (Fsp3) is 0.571. The van der Waals surface area contributed by atoms with Crippen molar-refractivity contribution in [2.24, 2.45) is 0 Å². The number of benzene rings is 1. The summed E-state index contributed by atoms with van der Waals surface area (Å²) in [6, 6.07) is 2.23. The van der Waals surface area contributed by atoms with E-state index in [1.807, 2.05) is 7.05 Å². The van der Waals surface area contributed by atoms with Crippen molar-refractivity contribution in [2.75, 3.05) is 14.2 Å². The summed E-state index contributed by atoms with van der Waals surface area (Å²) < 4.78 is 5.59. The van der Waals surface area contributed by atoms with Crippen molar-refractivity contribution in [3.63, 3.8) is 0 Å². The molecule has 0 aliphatic carbocycles. The third kappa shape index (κ3) is 2.07. The molecule has 0 atom stereocenters. The molecular weight excluding hydrogens is 198 g/mol. The highest BCUT2D eigenvalue weighted by Crippen LogP contribution is 2.36. The fourth-order valence-corrected chi connectivity index (χ4v) is 2.21. The molecule has 1 aromatic carbocycles. The molecule has 1 rings (SSSR count). The zero-order chi connectivity index (χ0) is 12.5. The van der Waals surface area contributed by atoms with Crippen LogP contribution in [0.4, 0.5) is 0 Å². The summed E-state index contributed by atoms with van der Waals surface area (Å²) in [7, 11) is 3.73. The molecule has 0 bridgehead atoms. The van der Waals surface area contributed by atoms with Gasteiger partial charge in [0.1, 0.15) is 5.75 Å². The molecule has 1 N–H and O–H groups in total. The van der Waals surface area contributed by atoms with E-state index in [1.165, 1.54) is 22.3 Å². The Labute approximate surface area is 99.0 Å². The third-order valence-corrected chi connectivity index (χ3v) is 3.44. The monoisotopic (exact) mass is 221 g/mol. The van der Waals surface area contributed by atoms with Crippen molar-refractivity contribution < 1.29 is 4.74 Å². The molecule has 0 fully saturated rings. The van der Waals surface area contributed by atoms with Gasteiger partial charge in [-0.25, -0.2) is 0 Å². The van der Waals surface area contributed by atoms with Gasteiger partial charge in [-0.1, -0.05) is 6.07 Å². The van der Waals surface area contributed by atoms with E-state index in [0.717, 1.165) is 5.75 Å². The smallest absolute Gasteiger partial charge is 0.127 e. The summed E-state index contributed by atoms with van der Waals surface area (Å²) in [6.07, 6.45) is 0. The minimum Gasteiger partial charge on any atom is -0.496 e. The predicted molar refractivity (Wildman–Crippen MR) is 69.3 cm³/mol. The molecule has 1 aromatic rings. The van der Waals surface area contributed by atoms with E-state index in [-0.39, 0.29) is 5.54 Å². The van der Waals surface area contributed by atoms with Gasteiger partial charge in [-0.05, 0) is 58.4 Å². The van der Waals surface area contributed by atoms with Crippen LogP contribution in [0.1, 0.15) is 36.1 Å². The lowest BCUT2D eigenvalue weighted by molar-refractivity contribution is 0.371. The SMILES string of the molecule is CNC(C)(C)c1c(C)cc(C)c(C)c1OC. The van der Waals surface area contributed by atoms with Crippen molar-refractivity contribution in [1.82, 2.24) is 5.32 Å². The van der Waals surface area contributed by atoms with E-state index < -0.39 is 0 Å². The molecule has 90 valence electrons. The Morgan fingerprint density at radius 3 is 2.12 bits per heavy atom. The van der Waals surface area contributed by atoms with Crippen LogP contribution in [0, 0.1) is 20.8 Å². The van der Waals surface area contributed by atoms with Gasteiger partial charge in [0.2, 0.25) is 0 Å². The summed E-state index contributed by atoms with van der Waals surface area (Å²) in [5, 5.41) is 3.34. The number of ether oxygens (including phenoxy) is 1. The normalized spacial score (nSPS) is 11.7. The third-order valence-electron chi connectivity index (χ3n) is 3.44. The minimum atomic E-state index is -0.0755. The molecule has 0 heterocycles. The van der Waals surface area contributed by atoms with Gasteiger partial charge in [0.25, 0.3) is 0 Å². The molecule has 0 unspecified atom stereocenters. The summed E-state index contributed by atoms with van der Waals surface area (Å²) in [5.74, 6) is 1.01. The average molecular weight is 221 g/mol. The van der Waals surface area contributed by atoms with Gasteiger partial charge in [-0.3, -0.25) is 0 Å². The molecular formula is C14H23NO. The molecule has 0 saturated heterocycles. The first-order valence-corrected chi connectivity index (χ1v) is 5.69. The number of hydrogen-bond donors (Lipinski definition) is 1. The first kappa shape index (κ1) is 13.0. The number of methoxy groups -OCH3 is 1. The average Bonchev–Trinajstić information content (AvgIpc) is 2.22. The van der Waals surface area contributed by atoms with Crippen molar-refractivity contribution in [1.29, 1.82) is 0 Å². The van der Waals surface area contributed by atoms with E-state index in [9.17, 15) is 0 Å². The number of rotatable bonds is 3. The lowest BCUT2D eigenvalue weighted by Gasteiger charge is -2.30. The largest absolute Gasteiger partial charge is 0.496 e. The van der Waals surface area contributed by atoms with Gasteiger partial charge < -0.3 is 10.1 Å². The van der Waals surface area contributed by atoms with Gasteiger partial charge in [-0.15, -0.1) is 0 Å². The minimum absolute atomic E-state index is 0.0755. The maximum absolute atomic E-state index is 5.59. The van der Waals surface area contributed by atoms with Crippen molar-refractivity contribution in [2.45, 2.75) is 40.2 Å². The van der Waals surface area contributed by atoms with Gasteiger partial charge >= 0.3 is 0 Å². The maximum atomic E-state index is 5.59. The number of hydrogen-bond acceptors (Lipinski definition) is 2. The fourth-order valence-electron chi connectivity index (χ4n) is 2.21. The highest BCUT2D eigenvalue weighted by atomic mass is 16.5. The van der Waals surface area contributed by atoms with Crippen molar-refractivity contribution >= 4 is 0 Å². The second-order valence-electron chi connectivity index (χ2n) is 4.92. The second kappa shape index (κ2) is 4.46. The lowest BCUT2D eigenvalue weighted by atomic mass is 9.86. The van der Waals surface area contributed by atoms with Crippen LogP contribution in [0.25, 0.3) is 0 Å². The molecule has 0 radical (unpaired) electrons. The first-order chi connectivity index (χ1) is 7.35. The van der Waals surface area contributed by atoms with Gasteiger partial charge in [0, 0.05) is 11.1 Å². The van der Waals surface area contributed by atoms with Crippen LogP contribution < -0.4 is 10.1 Å². The zero-order valence-corrected chi connectivity index (χ0v) is 11.5. The highest BCUT2D eigenvalue weighted by molar-refractivity contribution is 5.52. The molecule has 0 spiro atoms. The first-order valence-electron chi connectivity index (χ1n) is 5.69. The topological polar surface area (TPSA) is 21.3 Å². The van der Waals surface area contributed by atoms with Crippen LogP contribution in [0.5, 0.6) is 5.75 Å². The predicted octanol–water partition coefficient (Wildman–Crippen LogP) is 3.07. The Balaban J connectivity index is 3.55. The molecule has 16 heavy (non-hydrogen) atoms. The van der Waals surface area contributed by atoms with Gasteiger partial charge in [-0.2, -0.15) is 0 Å². The number of nitrogens with one attached hydrogen (secondary N) is 1. The van der Waals surface area contributed by atoms with Gasteiger partial charge in [0.05, 0.1) is 7.11 Å². The summed E-state index contributed by atoms with van der Waals surface area (Å²) in [4.78, 5) is 0. The van der Waals surface area contributed by atoms with E-state index in [2.05, 4.69) is 46.0 Å². The van der Waals surface area contributed by atoms with E-state index in [1.54, 1.807) is 7.11 Å². The Hall–Kier alpha value is -1.02. The molecule has 0 amide bonds. The molecule has 2 heteroatoms. The Morgan fingerprint density at radius 1 is 1.12 bits per heavy atom. The summed E-state index contributed by atoms with van der Waals surface area (Å²) >= 11 is 0. The van der Waals surface area contributed by atoms with Crippen LogP contribution in [-0.2, 0) is 5.54 Å². The molecule has 0 saturated carbocycles. The number of aryl methyl sites for hydroxylation is 2. The Morgan fingerprint density at radius 2 is 1.69 bits per heavy atom. The van der Waals surface area contributed by atoms with Crippen LogP contribution in [-0.4, -0.2) is 14.2 Å². The standard InChI is InChI=1S/C14H23NO/c1-9-8-10(2)12(14(4,5)15-6)13(16-7)11(9)3/h8,15H,1-7H3. The van der Waals surface area contributed by atoms with Crippen molar-refractivity contribution in [3.05, 3.63) is 28.3 Å². The van der Waals surface area contributed by atoms with E-state index >= 15 is 0 Å². The maximum Gasteiger partial charge on any atom is 0.127 e. The molecule has 0 aliphatic heterocycles. The van der Waals surface area contributed by atoms with E-state index in [4.69, 9.17) is 4.74 Å². The van der Waals surface area contributed by atoms with Crippen LogP contribution in [0.15, 0.2) is 6.07 Å². The van der Waals surface area contributed by atoms with Crippen molar-refractivity contribution in [3.8, 4) is 5.75 Å². The van der Waals surface area contributed by atoms with Gasteiger partial charge in [0.15, 0.2) is 0 Å². The highest BCUT2D eigenvalue weighted by Gasteiger charge is 2.26. The van der Waals surface area contributed by atoms with E-state index in [0.29, 0.717) is 0 Å². The van der Waals surface area contributed by atoms with Crippen LogP contribution in [0.2, 0.25) is 0 Å². The lowest BCUT2D eigenvalue weighted by Crippen LogP contribution is -2.34. The molecule has 0 aromatic heterocycles. The summed E-state index contributed by atoms with van der Waals surface area (Å²) in [6.45, 7) is 10.7. The summed E-state index contributed by atoms with van der Waals surface area (Å²) in [5.41, 5.74) is 4.96. The van der Waals surface area contributed by atoms with Crippen LogP contribution >= 0.6 is 0 Å².